The Balaban J connectivity index is 2.72. The van der Waals surface area contributed by atoms with Gasteiger partial charge in [0.25, 0.3) is 0 Å². The van der Waals surface area contributed by atoms with Gasteiger partial charge in [0.05, 0.1) is 4.21 Å². The fourth-order valence-corrected chi connectivity index (χ4v) is 3.75. The number of halogens is 1. The van der Waals surface area contributed by atoms with Crippen LogP contribution < -0.4 is 0 Å². The van der Waals surface area contributed by atoms with Gasteiger partial charge in [0.2, 0.25) is 0 Å². The lowest BCUT2D eigenvalue weighted by Gasteiger charge is -2.02. The van der Waals surface area contributed by atoms with Gasteiger partial charge in [-0.05, 0) is 35.4 Å². The van der Waals surface area contributed by atoms with Crippen molar-refractivity contribution in [2.45, 2.75) is 14.4 Å². The van der Waals surface area contributed by atoms with Crippen molar-refractivity contribution in [1.82, 2.24) is 0 Å². The van der Waals surface area contributed by atoms with Gasteiger partial charge in [-0.3, -0.25) is 0 Å². The van der Waals surface area contributed by atoms with Crippen LogP contribution in [0.5, 0.6) is 0 Å². The van der Waals surface area contributed by atoms with Crippen LogP contribution in [0.25, 0.3) is 10.1 Å². The van der Waals surface area contributed by atoms with Gasteiger partial charge < -0.3 is 0 Å². The number of thioether (sulfide) groups is 1. The summed E-state index contributed by atoms with van der Waals surface area (Å²) in [5.74, 6) is 0. The molecule has 0 radical (unpaired) electrons. The van der Waals surface area contributed by atoms with E-state index in [0.29, 0.717) is 0 Å². The van der Waals surface area contributed by atoms with Gasteiger partial charge in [-0.1, -0.05) is 15.9 Å². The first-order chi connectivity index (χ1) is 6.74. The van der Waals surface area contributed by atoms with Gasteiger partial charge in [-0.25, -0.2) is 0 Å². The van der Waals surface area contributed by atoms with E-state index in [4.69, 9.17) is 0 Å². The van der Waals surface area contributed by atoms with Crippen LogP contribution in [0.1, 0.15) is 5.56 Å². The van der Waals surface area contributed by atoms with Crippen molar-refractivity contribution in [3.05, 3.63) is 23.8 Å². The Kier molecular flexibility index (Phi) is 3.47. The predicted octanol–water partition coefficient (Wildman–Crippen LogP) is 4.81. The van der Waals surface area contributed by atoms with Crippen molar-refractivity contribution < 1.29 is 0 Å². The Morgan fingerprint density at radius 1 is 1.43 bits per heavy atom. The van der Waals surface area contributed by atoms with Crippen molar-refractivity contribution in [3.8, 4) is 0 Å². The monoisotopic (exact) mass is 304 g/mol. The summed E-state index contributed by atoms with van der Waals surface area (Å²) in [4.78, 5) is 1.32. The Morgan fingerprint density at radius 2 is 2.21 bits per heavy atom. The van der Waals surface area contributed by atoms with Crippen molar-refractivity contribution in [2.24, 2.45) is 0 Å². The van der Waals surface area contributed by atoms with Crippen LogP contribution in [-0.4, -0.2) is 6.26 Å². The molecule has 0 saturated carbocycles. The molecule has 14 heavy (non-hydrogen) atoms. The fraction of sp³-hybridized carbons (Fsp3) is 0.200. The first kappa shape index (κ1) is 10.9. The third-order valence-electron chi connectivity index (χ3n) is 2.06. The molecule has 0 aliphatic heterocycles. The zero-order valence-electron chi connectivity index (χ0n) is 7.58. The third-order valence-corrected chi connectivity index (χ3v) is 4.66. The molecule has 0 N–H and O–H groups in total. The highest BCUT2D eigenvalue weighted by molar-refractivity contribution is 9.08. The average Bonchev–Trinajstić information content (AvgIpc) is 2.56. The summed E-state index contributed by atoms with van der Waals surface area (Å²) >= 11 is 11.4. The van der Waals surface area contributed by atoms with Crippen LogP contribution in [0.4, 0.5) is 0 Å². The molecule has 0 amide bonds. The minimum absolute atomic E-state index is 0.905. The average molecular weight is 305 g/mol. The van der Waals surface area contributed by atoms with E-state index in [-0.39, 0.29) is 0 Å². The molecule has 0 unspecified atom stereocenters. The Bertz CT molecular complexity index is 462. The van der Waals surface area contributed by atoms with Crippen LogP contribution in [0.2, 0.25) is 0 Å². The van der Waals surface area contributed by atoms with Gasteiger partial charge in [-0.2, -0.15) is 0 Å². The lowest BCUT2D eigenvalue weighted by atomic mass is 10.1. The topological polar surface area (TPSA) is 0 Å². The molecule has 0 fully saturated rings. The summed E-state index contributed by atoms with van der Waals surface area (Å²) in [5, 5.41) is 2.23. The molecule has 1 heterocycles. The van der Waals surface area contributed by atoms with Crippen LogP contribution in [0, 0.1) is 0 Å². The molecular weight excluding hydrogens is 296 g/mol. The summed E-state index contributed by atoms with van der Waals surface area (Å²) in [5.41, 5.74) is 1.35. The minimum Gasteiger partial charge on any atom is -0.133 e. The fourth-order valence-electron chi connectivity index (χ4n) is 1.40. The smallest absolute Gasteiger partial charge is 0.0580 e. The summed E-state index contributed by atoms with van der Waals surface area (Å²) in [6.07, 6.45) is 2.11. The van der Waals surface area contributed by atoms with E-state index in [2.05, 4.69) is 53.0 Å². The second kappa shape index (κ2) is 4.47. The Labute approximate surface area is 106 Å². The number of alkyl halides is 1. The zero-order chi connectivity index (χ0) is 10.1. The number of hydrogen-bond donors (Lipinski definition) is 1. The quantitative estimate of drug-likeness (QED) is 0.472. The largest absolute Gasteiger partial charge is 0.133 e. The number of fused-ring (bicyclic) bond motifs is 1. The van der Waals surface area contributed by atoms with Crippen LogP contribution in [0.3, 0.4) is 0 Å². The van der Waals surface area contributed by atoms with E-state index in [1.54, 1.807) is 23.1 Å². The number of thiophene rings is 1. The normalized spacial score (nSPS) is 11.1. The molecule has 0 aliphatic carbocycles. The number of thiol groups is 1. The number of rotatable bonds is 2. The van der Waals surface area contributed by atoms with Crippen molar-refractivity contribution in [2.75, 3.05) is 6.26 Å². The van der Waals surface area contributed by atoms with Crippen LogP contribution >= 0.6 is 51.7 Å². The van der Waals surface area contributed by atoms with Crippen molar-refractivity contribution in [3.63, 3.8) is 0 Å². The third kappa shape index (κ3) is 1.98. The van der Waals surface area contributed by atoms with E-state index in [1.807, 2.05) is 0 Å². The first-order valence-electron chi connectivity index (χ1n) is 4.10. The Hall–Kier alpha value is 0.360. The maximum atomic E-state index is 4.39. The molecule has 0 spiro atoms. The first-order valence-corrected chi connectivity index (χ1v) is 7.71. The summed E-state index contributed by atoms with van der Waals surface area (Å²) in [6.45, 7) is 0. The minimum atomic E-state index is 0.905. The summed E-state index contributed by atoms with van der Waals surface area (Å²) < 4.78 is 2.41. The van der Waals surface area contributed by atoms with Gasteiger partial charge in [0, 0.05) is 14.9 Å². The maximum Gasteiger partial charge on any atom is 0.0580 e. The van der Waals surface area contributed by atoms with E-state index < -0.39 is 0 Å². The molecule has 0 bridgehead atoms. The molecule has 0 atom stereocenters. The molecule has 2 rings (SSSR count). The molecule has 0 nitrogen and oxygen atoms in total. The Morgan fingerprint density at radius 3 is 2.86 bits per heavy atom. The lowest BCUT2D eigenvalue weighted by molar-refractivity contribution is 1.40. The highest BCUT2D eigenvalue weighted by atomic mass is 79.9. The molecule has 2 aromatic rings. The molecule has 0 saturated heterocycles. The van der Waals surface area contributed by atoms with E-state index in [0.717, 1.165) is 9.54 Å². The van der Waals surface area contributed by atoms with Crippen LogP contribution in [-0.2, 0) is 5.33 Å². The molecule has 1 aromatic heterocycles. The molecule has 4 heteroatoms. The maximum absolute atomic E-state index is 4.39. The van der Waals surface area contributed by atoms with E-state index in [1.165, 1.54) is 20.5 Å². The predicted molar refractivity (Wildman–Crippen MR) is 73.5 cm³/mol. The van der Waals surface area contributed by atoms with Gasteiger partial charge in [-0.15, -0.1) is 35.7 Å². The molecule has 0 aliphatic rings. The van der Waals surface area contributed by atoms with Crippen molar-refractivity contribution >= 4 is 61.7 Å². The van der Waals surface area contributed by atoms with E-state index in [9.17, 15) is 0 Å². The summed E-state index contributed by atoms with van der Waals surface area (Å²) in [7, 11) is 0. The van der Waals surface area contributed by atoms with Gasteiger partial charge in [0.15, 0.2) is 0 Å². The summed E-state index contributed by atoms with van der Waals surface area (Å²) in [6, 6.07) is 6.61. The van der Waals surface area contributed by atoms with Crippen LogP contribution in [0.15, 0.2) is 27.3 Å². The van der Waals surface area contributed by atoms with Gasteiger partial charge in [0.1, 0.15) is 0 Å². The highest BCUT2D eigenvalue weighted by Gasteiger charge is 2.06. The zero-order valence-corrected chi connectivity index (χ0v) is 11.7. The van der Waals surface area contributed by atoms with Gasteiger partial charge >= 0.3 is 0 Å². The highest BCUT2D eigenvalue weighted by Crippen LogP contribution is 2.34. The van der Waals surface area contributed by atoms with E-state index >= 15 is 0 Å². The number of benzene rings is 1. The standard InChI is InChI=1S/C10H9BrS3/c1-13-7-2-6(5-11)8-4-10(12)14-9(8)3-7/h2-4,12H,5H2,1H3. The number of hydrogen-bond acceptors (Lipinski definition) is 3. The molecular formula is C10H9BrS3. The lowest BCUT2D eigenvalue weighted by Crippen LogP contribution is -1.79. The molecule has 1 aromatic carbocycles. The second-order valence-corrected chi connectivity index (χ2v) is 6.23. The SMILES string of the molecule is CSc1cc(CBr)c2cc(S)sc2c1. The molecule has 74 valence electrons. The van der Waals surface area contributed by atoms with Crippen molar-refractivity contribution in [1.29, 1.82) is 0 Å². The second-order valence-electron chi connectivity index (χ2n) is 2.92.